The predicted molar refractivity (Wildman–Crippen MR) is 87.9 cm³/mol. The molecule has 5 nitrogen and oxygen atoms in total. The normalized spacial score (nSPS) is 11.5. The molecule has 24 heavy (non-hydrogen) atoms. The number of ether oxygens (including phenoxy) is 2. The molecule has 0 unspecified atom stereocenters. The molecule has 126 valence electrons. The molecule has 0 heterocycles. The minimum atomic E-state index is -1.13. The lowest BCUT2D eigenvalue weighted by atomic mass is 10.2. The van der Waals surface area contributed by atoms with Crippen LogP contribution in [0, 0.1) is 5.82 Å². The summed E-state index contributed by atoms with van der Waals surface area (Å²) in [6.07, 6.45) is -1.13. The van der Waals surface area contributed by atoms with Crippen molar-refractivity contribution in [3.8, 4) is 5.75 Å². The molecule has 0 aliphatic rings. The number of hydrogen-bond donors (Lipinski definition) is 1. The fraction of sp³-hybridized carbons (Fsp3) is 0.176. The first-order valence-corrected chi connectivity index (χ1v) is 7.40. The number of carbonyl (C=O) groups excluding carboxylic acids is 2. The Labute approximate surface area is 143 Å². The molecule has 1 amide bonds. The van der Waals surface area contributed by atoms with Gasteiger partial charge in [0, 0.05) is 5.02 Å². The number of halogens is 2. The van der Waals surface area contributed by atoms with Crippen LogP contribution in [0.4, 0.5) is 10.1 Å². The van der Waals surface area contributed by atoms with Crippen LogP contribution in [0.25, 0.3) is 0 Å². The lowest BCUT2D eigenvalue weighted by Gasteiger charge is -2.15. The van der Waals surface area contributed by atoms with Crippen molar-refractivity contribution in [1.29, 1.82) is 0 Å². The highest BCUT2D eigenvalue weighted by molar-refractivity contribution is 6.30. The monoisotopic (exact) mass is 351 g/mol. The zero-order chi connectivity index (χ0) is 17.7. The molecule has 2 rings (SSSR count). The molecular formula is C17H15ClFNO4. The van der Waals surface area contributed by atoms with Crippen LogP contribution in [0.1, 0.15) is 17.3 Å². The van der Waals surface area contributed by atoms with Crippen molar-refractivity contribution in [3.63, 3.8) is 0 Å². The van der Waals surface area contributed by atoms with Crippen molar-refractivity contribution in [2.45, 2.75) is 13.0 Å². The van der Waals surface area contributed by atoms with E-state index in [-0.39, 0.29) is 10.6 Å². The van der Waals surface area contributed by atoms with Crippen molar-refractivity contribution >= 4 is 29.2 Å². The Morgan fingerprint density at radius 1 is 1.21 bits per heavy atom. The quantitative estimate of drug-likeness (QED) is 0.835. The summed E-state index contributed by atoms with van der Waals surface area (Å²) >= 11 is 5.63. The van der Waals surface area contributed by atoms with Crippen molar-refractivity contribution in [2.75, 3.05) is 12.4 Å². The summed E-state index contributed by atoms with van der Waals surface area (Å²) in [5.74, 6) is -1.87. The van der Waals surface area contributed by atoms with Crippen LogP contribution in [-0.2, 0) is 9.53 Å². The first kappa shape index (κ1) is 17.7. The first-order valence-electron chi connectivity index (χ1n) is 7.02. The van der Waals surface area contributed by atoms with Gasteiger partial charge in [0.25, 0.3) is 5.91 Å². The Kier molecular flexibility index (Phi) is 5.76. The van der Waals surface area contributed by atoms with Gasteiger partial charge in [-0.1, -0.05) is 23.7 Å². The maximum absolute atomic E-state index is 13.7. The minimum Gasteiger partial charge on any atom is -0.495 e. The summed E-state index contributed by atoms with van der Waals surface area (Å²) < 4.78 is 23.8. The number of hydrogen-bond acceptors (Lipinski definition) is 4. The molecule has 0 aliphatic carbocycles. The van der Waals surface area contributed by atoms with Crippen molar-refractivity contribution in [3.05, 3.63) is 58.9 Å². The average molecular weight is 352 g/mol. The zero-order valence-corrected chi connectivity index (χ0v) is 13.8. The summed E-state index contributed by atoms with van der Waals surface area (Å²) in [6.45, 7) is 1.39. The number of para-hydroxylation sites is 2. The fourth-order valence-electron chi connectivity index (χ4n) is 1.91. The molecule has 2 aromatic carbocycles. The van der Waals surface area contributed by atoms with Gasteiger partial charge < -0.3 is 14.8 Å². The molecule has 0 fully saturated rings. The SMILES string of the molecule is COc1ccccc1NC(=O)[C@H](C)OC(=O)c1ccc(Cl)cc1F. The van der Waals surface area contributed by atoms with Crippen molar-refractivity contribution in [2.24, 2.45) is 0 Å². The smallest absolute Gasteiger partial charge is 0.341 e. The van der Waals surface area contributed by atoms with E-state index in [0.717, 1.165) is 6.07 Å². The van der Waals surface area contributed by atoms with Crippen LogP contribution in [0.5, 0.6) is 5.75 Å². The standard InChI is InChI=1S/C17H15ClFNO4/c1-10(16(21)20-14-5-3-4-6-15(14)23-2)24-17(22)12-8-7-11(18)9-13(12)19/h3-10H,1-2H3,(H,20,21)/t10-/m0/s1. The molecule has 2 aromatic rings. The van der Waals surface area contributed by atoms with E-state index < -0.39 is 23.8 Å². The molecule has 0 saturated carbocycles. The summed E-state index contributed by atoms with van der Waals surface area (Å²) in [5, 5.41) is 2.74. The van der Waals surface area contributed by atoms with Crippen molar-refractivity contribution in [1.82, 2.24) is 0 Å². The molecule has 7 heteroatoms. The Morgan fingerprint density at radius 2 is 1.92 bits per heavy atom. The molecule has 0 radical (unpaired) electrons. The highest BCUT2D eigenvalue weighted by atomic mass is 35.5. The average Bonchev–Trinajstić information content (AvgIpc) is 2.55. The zero-order valence-electron chi connectivity index (χ0n) is 13.0. The van der Waals surface area contributed by atoms with Crippen LogP contribution in [-0.4, -0.2) is 25.1 Å². The number of methoxy groups -OCH3 is 1. The third kappa shape index (κ3) is 4.23. The van der Waals surface area contributed by atoms with E-state index in [1.807, 2.05) is 0 Å². The molecular weight excluding hydrogens is 337 g/mol. The minimum absolute atomic E-state index is 0.158. The van der Waals surface area contributed by atoms with Gasteiger partial charge in [-0.15, -0.1) is 0 Å². The van der Waals surface area contributed by atoms with E-state index in [1.165, 1.54) is 26.2 Å². The molecule has 0 bridgehead atoms. The Morgan fingerprint density at radius 3 is 2.58 bits per heavy atom. The van der Waals surface area contributed by atoms with Gasteiger partial charge in [0.05, 0.1) is 18.4 Å². The van der Waals surface area contributed by atoms with Crippen molar-refractivity contribution < 1.29 is 23.5 Å². The third-order valence-electron chi connectivity index (χ3n) is 3.17. The van der Waals surface area contributed by atoms with E-state index in [9.17, 15) is 14.0 Å². The van der Waals surface area contributed by atoms with Crippen LogP contribution in [0.2, 0.25) is 5.02 Å². The number of esters is 1. The number of rotatable bonds is 5. The maximum Gasteiger partial charge on any atom is 0.341 e. The Hall–Kier alpha value is -2.60. The summed E-state index contributed by atoms with van der Waals surface area (Å²) in [7, 11) is 1.47. The molecule has 0 aromatic heterocycles. The third-order valence-corrected chi connectivity index (χ3v) is 3.40. The first-order chi connectivity index (χ1) is 11.4. The molecule has 1 atom stereocenters. The summed E-state index contributed by atoms with van der Waals surface area (Å²) in [4.78, 5) is 24.1. The van der Waals surface area contributed by atoms with Gasteiger partial charge in [0.1, 0.15) is 11.6 Å². The fourth-order valence-corrected chi connectivity index (χ4v) is 2.07. The van der Waals surface area contributed by atoms with E-state index in [0.29, 0.717) is 11.4 Å². The van der Waals surface area contributed by atoms with E-state index in [2.05, 4.69) is 5.32 Å². The number of amides is 1. The highest BCUT2D eigenvalue weighted by Crippen LogP contribution is 2.23. The van der Waals surface area contributed by atoms with E-state index in [4.69, 9.17) is 21.1 Å². The van der Waals surface area contributed by atoms with Gasteiger partial charge in [-0.2, -0.15) is 0 Å². The lowest BCUT2D eigenvalue weighted by molar-refractivity contribution is -0.123. The Bertz CT molecular complexity index is 766. The molecule has 0 saturated heterocycles. The number of nitrogens with one attached hydrogen (secondary N) is 1. The summed E-state index contributed by atoms with van der Waals surface area (Å²) in [5.41, 5.74) is 0.141. The van der Waals surface area contributed by atoms with Gasteiger partial charge in [0.2, 0.25) is 0 Å². The molecule has 1 N–H and O–H groups in total. The van der Waals surface area contributed by atoms with Crippen LogP contribution in [0.3, 0.4) is 0 Å². The lowest BCUT2D eigenvalue weighted by Crippen LogP contribution is -2.30. The van der Waals surface area contributed by atoms with E-state index >= 15 is 0 Å². The topological polar surface area (TPSA) is 64.6 Å². The maximum atomic E-state index is 13.7. The summed E-state index contributed by atoms with van der Waals surface area (Å²) in [6, 6.07) is 10.3. The van der Waals surface area contributed by atoms with Gasteiger partial charge >= 0.3 is 5.97 Å². The molecule has 0 aliphatic heterocycles. The predicted octanol–water partition coefficient (Wildman–Crippen LogP) is 3.67. The second kappa shape index (κ2) is 7.79. The van der Waals surface area contributed by atoms with Gasteiger partial charge in [0.15, 0.2) is 6.10 Å². The van der Waals surface area contributed by atoms with Gasteiger partial charge in [-0.3, -0.25) is 4.79 Å². The van der Waals surface area contributed by atoms with E-state index in [1.54, 1.807) is 24.3 Å². The van der Waals surface area contributed by atoms with Gasteiger partial charge in [-0.05, 0) is 37.3 Å². The second-order valence-electron chi connectivity index (χ2n) is 4.86. The number of carbonyl (C=O) groups is 2. The Balaban J connectivity index is 2.04. The largest absolute Gasteiger partial charge is 0.495 e. The van der Waals surface area contributed by atoms with Crippen LogP contribution in [0.15, 0.2) is 42.5 Å². The number of benzene rings is 2. The molecule has 0 spiro atoms. The van der Waals surface area contributed by atoms with Crippen LogP contribution >= 0.6 is 11.6 Å². The number of anilines is 1. The van der Waals surface area contributed by atoms with Gasteiger partial charge in [-0.25, -0.2) is 9.18 Å². The highest BCUT2D eigenvalue weighted by Gasteiger charge is 2.22. The second-order valence-corrected chi connectivity index (χ2v) is 5.30. The van der Waals surface area contributed by atoms with Crippen LogP contribution < -0.4 is 10.1 Å².